The topological polar surface area (TPSA) is 96.9 Å². The van der Waals surface area contributed by atoms with Crippen molar-refractivity contribution in [1.29, 1.82) is 0 Å². The zero-order chi connectivity index (χ0) is 19.5. The molecule has 2 aliphatic rings. The average molecular weight is 380 g/mol. The van der Waals surface area contributed by atoms with E-state index in [1.165, 1.54) is 0 Å². The van der Waals surface area contributed by atoms with E-state index in [1.54, 1.807) is 18.2 Å². The highest BCUT2D eigenvalue weighted by molar-refractivity contribution is 5.82. The molecule has 2 N–H and O–H groups in total. The number of anilines is 2. The van der Waals surface area contributed by atoms with Crippen LogP contribution in [0, 0.1) is 5.92 Å². The van der Waals surface area contributed by atoms with Crippen molar-refractivity contribution in [1.82, 2.24) is 15.0 Å². The van der Waals surface area contributed by atoms with Gasteiger partial charge in [-0.05, 0) is 18.4 Å². The number of hydrogen-bond donors (Lipinski definition) is 1. The summed E-state index contributed by atoms with van der Waals surface area (Å²) >= 11 is 0. The highest BCUT2D eigenvalue weighted by Gasteiger charge is 2.35. The molecule has 2 aromatic rings. The van der Waals surface area contributed by atoms with Crippen LogP contribution in [0.4, 0.5) is 11.8 Å². The van der Waals surface area contributed by atoms with Gasteiger partial charge in [0.2, 0.25) is 17.7 Å². The Morgan fingerprint density at radius 3 is 2.64 bits per heavy atom. The van der Waals surface area contributed by atoms with Crippen molar-refractivity contribution in [2.24, 2.45) is 11.0 Å². The van der Waals surface area contributed by atoms with Crippen LogP contribution < -0.4 is 15.4 Å². The first-order valence-electron chi connectivity index (χ1n) is 9.49. The van der Waals surface area contributed by atoms with Crippen LogP contribution in [-0.4, -0.2) is 47.3 Å². The van der Waals surface area contributed by atoms with Gasteiger partial charge in [-0.25, -0.2) is 5.01 Å². The molecular formula is C20H24N6O2. The third-order valence-corrected chi connectivity index (χ3v) is 5.32. The Labute approximate surface area is 164 Å². The molecule has 1 saturated heterocycles. The number of amides is 1. The largest absolute Gasteiger partial charge is 0.481 e. The van der Waals surface area contributed by atoms with Gasteiger partial charge in [0, 0.05) is 37.7 Å². The molecule has 1 aromatic heterocycles. The van der Waals surface area contributed by atoms with Crippen molar-refractivity contribution < 1.29 is 9.53 Å². The van der Waals surface area contributed by atoms with Gasteiger partial charge in [0.05, 0.1) is 13.2 Å². The molecule has 1 aromatic carbocycles. The fraction of sp³-hybridized carbons (Fsp3) is 0.400. The summed E-state index contributed by atoms with van der Waals surface area (Å²) < 4.78 is 5.17. The van der Waals surface area contributed by atoms with Crippen molar-refractivity contribution in [3.8, 4) is 5.88 Å². The molecule has 1 atom stereocenters. The molecule has 2 aliphatic heterocycles. The Kier molecular flexibility index (Phi) is 5.10. The maximum absolute atomic E-state index is 13.1. The van der Waals surface area contributed by atoms with Crippen LogP contribution in [0.5, 0.6) is 5.88 Å². The van der Waals surface area contributed by atoms with Crippen LogP contribution in [0.15, 0.2) is 41.5 Å². The van der Waals surface area contributed by atoms with Crippen LogP contribution >= 0.6 is 0 Å². The number of benzene rings is 1. The van der Waals surface area contributed by atoms with Crippen molar-refractivity contribution in [3.05, 3.63) is 42.0 Å². The molecule has 8 heteroatoms. The number of nitrogens with two attached hydrogens (primary N) is 1. The van der Waals surface area contributed by atoms with E-state index < -0.39 is 0 Å². The molecular weight excluding hydrogens is 356 g/mol. The number of methoxy groups -OCH3 is 1. The second-order valence-corrected chi connectivity index (χ2v) is 7.03. The molecule has 0 radical (unpaired) electrons. The van der Waals surface area contributed by atoms with E-state index in [2.05, 4.69) is 32.1 Å². The first-order valence-corrected chi connectivity index (χ1v) is 9.49. The summed E-state index contributed by atoms with van der Waals surface area (Å²) in [6.45, 7) is 1.45. The highest BCUT2D eigenvalue weighted by Crippen LogP contribution is 2.32. The summed E-state index contributed by atoms with van der Waals surface area (Å²) in [5.74, 6) is 1.42. The van der Waals surface area contributed by atoms with E-state index in [0.29, 0.717) is 5.88 Å². The van der Waals surface area contributed by atoms with Crippen molar-refractivity contribution in [2.75, 3.05) is 30.8 Å². The lowest BCUT2D eigenvalue weighted by molar-refractivity contribution is -0.138. The number of aromatic nitrogens is 2. The third-order valence-electron chi connectivity index (χ3n) is 5.32. The van der Waals surface area contributed by atoms with Crippen molar-refractivity contribution in [3.63, 3.8) is 0 Å². The average Bonchev–Trinajstić information content (AvgIpc) is 3.23. The van der Waals surface area contributed by atoms with Crippen LogP contribution in [0.1, 0.15) is 30.9 Å². The summed E-state index contributed by atoms with van der Waals surface area (Å²) in [6, 6.07) is 11.8. The van der Waals surface area contributed by atoms with Gasteiger partial charge >= 0.3 is 0 Å². The van der Waals surface area contributed by atoms with E-state index in [4.69, 9.17) is 10.5 Å². The second-order valence-electron chi connectivity index (χ2n) is 7.03. The fourth-order valence-electron chi connectivity index (χ4n) is 3.82. The third kappa shape index (κ3) is 3.62. The first-order chi connectivity index (χ1) is 13.7. The lowest BCUT2D eigenvalue weighted by atomic mass is 9.94. The Hall–Kier alpha value is -3.16. The summed E-state index contributed by atoms with van der Waals surface area (Å²) in [4.78, 5) is 23.5. The predicted molar refractivity (Wildman–Crippen MR) is 107 cm³/mol. The van der Waals surface area contributed by atoms with Crippen LogP contribution in [0.3, 0.4) is 0 Å². The van der Waals surface area contributed by atoms with Gasteiger partial charge in [-0.15, -0.1) is 0 Å². The van der Waals surface area contributed by atoms with E-state index in [1.807, 2.05) is 24.4 Å². The van der Waals surface area contributed by atoms with Gasteiger partial charge in [-0.2, -0.15) is 15.1 Å². The minimum atomic E-state index is -0.0428. The molecule has 0 saturated carbocycles. The number of carbonyl (C=O) groups excluding carboxylic acids is 1. The molecule has 1 amide bonds. The zero-order valence-electron chi connectivity index (χ0n) is 15.9. The lowest BCUT2D eigenvalue weighted by Crippen LogP contribution is -2.41. The van der Waals surface area contributed by atoms with Crippen LogP contribution in [0.25, 0.3) is 0 Å². The summed E-state index contributed by atoms with van der Waals surface area (Å²) in [5.41, 5.74) is 6.88. The van der Waals surface area contributed by atoms with Gasteiger partial charge in [0.15, 0.2) is 0 Å². The Morgan fingerprint density at radius 2 is 1.93 bits per heavy atom. The quantitative estimate of drug-likeness (QED) is 0.874. The number of hydrogen-bond acceptors (Lipinski definition) is 7. The van der Waals surface area contributed by atoms with Gasteiger partial charge < -0.3 is 15.4 Å². The maximum atomic E-state index is 13.1. The molecule has 4 rings (SSSR count). The number of carbonyl (C=O) groups is 1. The Balaban J connectivity index is 1.41. The molecule has 0 aliphatic carbocycles. The predicted octanol–water partition coefficient (Wildman–Crippen LogP) is 2.24. The Morgan fingerprint density at radius 1 is 1.18 bits per heavy atom. The van der Waals surface area contributed by atoms with Crippen LogP contribution in [0.2, 0.25) is 0 Å². The fourth-order valence-corrected chi connectivity index (χ4v) is 3.82. The molecule has 0 bridgehead atoms. The minimum absolute atomic E-state index is 0.00217. The summed E-state index contributed by atoms with van der Waals surface area (Å²) in [6.07, 6.45) is 4.09. The SMILES string of the molecule is COc1cc(N2CCC(C(=O)N3N=CCC3c3ccccc3)CC2)nc(N)n1. The van der Waals surface area contributed by atoms with E-state index in [-0.39, 0.29) is 23.8 Å². The Bertz CT molecular complexity index is 864. The summed E-state index contributed by atoms with van der Waals surface area (Å²) in [7, 11) is 1.55. The van der Waals surface area contributed by atoms with E-state index in [0.717, 1.165) is 43.7 Å². The molecule has 146 valence electrons. The number of nitrogen functional groups attached to an aromatic ring is 1. The first kappa shape index (κ1) is 18.2. The second kappa shape index (κ2) is 7.84. The number of rotatable bonds is 4. The molecule has 8 nitrogen and oxygen atoms in total. The maximum Gasteiger partial charge on any atom is 0.246 e. The smallest absolute Gasteiger partial charge is 0.246 e. The zero-order valence-corrected chi connectivity index (χ0v) is 15.9. The number of ether oxygens (including phenoxy) is 1. The molecule has 1 unspecified atom stereocenters. The number of hydrazone groups is 1. The number of piperidine rings is 1. The van der Waals surface area contributed by atoms with Crippen molar-refractivity contribution in [2.45, 2.75) is 25.3 Å². The highest BCUT2D eigenvalue weighted by atomic mass is 16.5. The molecule has 3 heterocycles. The van der Waals surface area contributed by atoms with Gasteiger partial charge in [0.1, 0.15) is 5.82 Å². The normalized spacial score (nSPS) is 19.8. The van der Waals surface area contributed by atoms with Gasteiger partial charge in [-0.1, -0.05) is 30.3 Å². The lowest BCUT2D eigenvalue weighted by Gasteiger charge is -2.34. The van der Waals surface area contributed by atoms with Gasteiger partial charge in [-0.3, -0.25) is 4.79 Å². The van der Waals surface area contributed by atoms with Crippen LogP contribution in [-0.2, 0) is 4.79 Å². The van der Waals surface area contributed by atoms with Gasteiger partial charge in [0.25, 0.3) is 0 Å². The van der Waals surface area contributed by atoms with Crippen molar-refractivity contribution >= 4 is 23.9 Å². The summed E-state index contributed by atoms with van der Waals surface area (Å²) in [5, 5.41) is 6.04. The van der Waals surface area contributed by atoms with E-state index in [9.17, 15) is 4.79 Å². The molecule has 0 spiro atoms. The minimum Gasteiger partial charge on any atom is -0.481 e. The monoisotopic (exact) mass is 380 g/mol. The molecule has 1 fully saturated rings. The van der Waals surface area contributed by atoms with E-state index >= 15 is 0 Å². The number of nitrogens with zero attached hydrogens (tertiary/aromatic N) is 5. The standard InChI is InChI=1S/C20H24N6O2/c1-28-18-13-17(23-20(21)24-18)25-11-8-15(9-12-25)19(27)26-16(7-10-22-26)14-5-3-2-4-6-14/h2-6,10,13,15-16H,7-9,11-12H2,1H3,(H2,21,23,24). The molecule has 28 heavy (non-hydrogen) atoms.